The van der Waals surface area contributed by atoms with Crippen LogP contribution in [0, 0.1) is 0 Å². The number of nitrogens with zero attached hydrogens (tertiary/aromatic N) is 3. The van der Waals surface area contributed by atoms with E-state index in [4.69, 9.17) is 5.11 Å². The fourth-order valence-corrected chi connectivity index (χ4v) is 3.14. The Bertz CT molecular complexity index is 849. The minimum atomic E-state index is -4.76. The standard InChI is InChI=1S/C18H18F3N3O4/c19-18(20,21)28-15-5-3-12(4-6-15)8-16(25)23-7-1-2-14(11-23)24-10-13(9-22-24)17(26)27/h3-6,9-10,14H,1-2,7-8,11H2,(H,26,27). The van der Waals surface area contributed by atoms with E-state index in [2.05, 4.69) is 9.84 Å². The molecule has 1 aliphatic heterocycles. The first kappa shape index (κ1) is 19.7. The van der Waals surface area contributed by atoms with Crippen molar-refractivity contribution in [2.24, 2.45) is 0 Å². The number of carboxylic acids is 1. The largest absolute Gasteiger partial charge is 0.573 e. The summed E-state index contributed by atoms with van der Waals surface area (Å²) in [5, 5.41) is 13.1. The fraction of sp³-hybridized carbons (Fsp3) is 0.389. The number of halogens is 3. The highest BCUT2D eigenvalue weighted by Gasteiger charge is 2.31. The van der Waals surface area contributed by atoms with E-state index in [1.54, 1.807) is 9.58 Å². The lowest BCUT2D eigenvalue weighted by atomic mass is 10.0. The number of alkyl halides is 3. The van der Waals surface area contributed by atoms with E-state index < -0.39 is 12.3 Å². The van der Waals surface area contributed by atoms with Crippen molar-refractivity contribution in [1.29, 1.82) is 0 Å². The van der Waals surface area contributed by atoms with Crippen molar-refractivity contribution >= 4 is 11.9 Å². The molecule has 0 saturated carbocycles. The molecule has 1 amide bonds. The van der Waals surface area contributed by atoms with Gasteiger partial charge in [0.05, 0.1) is 24.2 Å². The van der Waals surface area contributed by atoms with Crippen molar-refractivity contribution in [3.63, 3.8) is 0 Å². The van der Waals surface area contributed by atoms with Crippen molar-refractivity contribution in [2.75, 3.05) is 13.1 Å². The fourth-order valence-electron chi connectivity index (χ4n) is 3.14. The average molecular weight is 397 g/mol. The zero-order chi connectivity index (χ0) is 20.3. The molecular weight excluding hydrogens is 379 g/mol. The van der Waals surface area contributed by atoms with E-state index in [9.17, 15) is 22.8 Å². The van der Waals surface area contributed by atoms with Crippen LogP contribution in [0.15, 0.2) is 36.7 Å². The highest BCUT2D eigenvalue weighted by Crippen LogP contribution is 2.24. The number of piperidine rings is 1. The molecule has 2 aromatic rings. The van der Waals surface area contributed by atoms with Crippen LogP contribution in [0.4, 0.5) is 13.2 Å². The van der Waals surface area contributed by atoms with Gasteiger partial charge in [-0.05, 0) is 30.5 Å². The minimum absolute atomic E-state index is 0.0541. The van der Waals surface area contributed by atoms with Crippen molar-refractivity contribution in [3.8, 4) is 5.75 Å². The first-order chi connectivity index (χ1) is 13.2. The van der Waals surface area contributed by atoms with E-state index in [0.29, 0.717) is 18.7 Å². The third kappa shape index (κ3) is 5.02. The third-order valence-corrected chi connectivity index (χ3v) is 4.48. The zero-order valence-corrected chi connectivity index (χ0v) is 14.7. The van der Waals surface area contributed by atoms with E-state index in [-0.39, 0.29) is 29.7 Å². The van der Waals surface area contributed by atoms with E-state index in [1.807, 2.05) is 0 Å². The molecule has 28 heavy (non-hydrogen) atoms. The average Bonchev–Trinajstić information content (AvgIpc) is 3.13. The van der Waals surface area contributed by atoms with Crippen molar-refractivity contribution in [1.82, 2.24) is 14.7 Å². The number of aromatic carboxylic acids is 1. The second-order valence-corrected chi connectivity index (χ2v) is 6.52. The van der Waals surface area contributed by atoms with Gasteiger partial charge in [0.2, 0.25) is 5.91 Å². The molecule has 7 nitrogen and oxygen atoms in total. The number of aromatic nitrogens is 2. The Morgan fingerprint density at radius 3 is 2.57 bits per heavy atom. The number of ether oxygens (including phenoxy) is 1. The SMILES string of the molecule is O=C(O)c1cnn(C2CCCN(C(=O)Cc3ccc(OC(F)(F)F)cc3)C2)c1. The molecule has 3 rings (SSSR count). The molecule has 0 spiro atoms. The normalized spacial score (nSPS) is 17.4. The van der Waals surface area contributed by atoms with Gasteiger partial charge in [0.15, 0.2) is 0 Å². The summed E-state index contributed by atoms with van der Waals surface area (Å²) < 4.78 is 42.0. The Balaban J connectivity index is 1.60. The van der Waals surface area contributed by atoms with Gasteiger partial charge in [0.25, 0.3) is 0 Å². The quantitative estimate of drug-likeness (QED) is 0.839. The van der Waals surface area contributed by atoms with E-state index in [0.717, 1.165) is 12.8 Å². The van der Waals surface area contributed by atoms with Crippen LogP contribution in [0.5, 0.6) is 5.75 Å². The molecule has 0 aliphatic carbocycles. The van der Waals surface area contributed by atoms with Crippen LogP contribution in [-0.4, -0.2) is 51.1 Å². The van der Waals surface area contributed by atoms with Gasteiger partial charge in [-0.25, -0.2) is 4.79 Å². The summed E-state index contributed by atoms with van der Waals surface area (Å²) in [5.74, 6) is -1.55. The summed E-state index contributed by atoms with van der Waals surface area (Å²) >= 11 is 0. The smallest absolute Gasteiger partial charge is 0.478 e. The second kappa shape index (κ2) is 7.91. The maximum Gasteiger partial charge on any atom is 0.573 e. The predicted octanol–water partition coefficient (Wildman–Crippen LogP) is 2.89. The van der Waals surface area contributed by atoms with Crippen LogP contribution in [0.25, 0.3) is 0 Å². The third-order valence-electron chi connectivity index (χ3n) is 4.48. The molecule has 0 bridgehead atoms. The molecule has 1 saturated heterocycles. The Morgan fingerprint density at radius 1 is 1.25 bits per heavy atom. The highest BCUT2D eigenvalue weighted by molar-refractivity contribution is 5.86. The van der Waals surface area contributed by atoms with Crippen LogP contribution in [-0.2, 0) is 11.2 Å². The number of hydrogen-bond donors (Lipinski definition) is 1. The molecule has 0 radical (unpaired) electrons. The summed E-state index contributed by atoms with van der Waals surface area (Å²) in [4.78, 5) is 25.2. The Hall–Kier alpha value is -3.04. The molecule has 1 fully saturated rings. The molecule has 2 heterocycles. The second-order valence-electron chi connectivity index (χ2n) is 6.52. The Kier molecular flexibility index (Phi) is 5.57. The Morgan fingerprint density at radius 2 is 1.96 bits per heavy atom. The molecule has 150 valence electrons. The van der Waals surface area contributed by atoms with Gasteiger partial charge < -0.3 is 14.7 Å². The molecule has 1 aromatic heterocycles. The van der Waals surface area contributed by atoms with Gasteiger partial charge >= 0.3 is 12.3 Å². The van der Waals surface area contributed by atoms with Crippen LogP contribution in [0.2, 0.25) is 0 Å². The molecular formula is C18H18F3N3O4. The molecule has 1 aromatic carbocycles. The van der Waals surface area contributed by atoms with Crippen LogP contribution in [0.1, 0.15) is 34.8 Å². The summed E-state index contributed by atoms with van der Waals surface area (Å²) in [6, 6.07) is 5.08. The molecule has 10 heteroatoms. The van der Waals surface area contributed by atoms with E-state index >= 15 is 0 Å². The predicted molar refractivity (Wildman–Crippen MR) is 90.9 cm³/mol. The lowest BCUT2D eigenvalue weighted by molar-refractivity contribution is -0.274. The minimum Gasteiger partial charge on any atom is -0.478 e. The van der Waals surface area contributed by atoms with Crippen LogP contribution < -0.4 is 4.74 Å². The summed E-state index contributed by atoms with van der Waals surface area (Å²) in [6.45, 7) is 0.965. The number of hydrogen-bond acceptors (Lipinski definition) is 4. The van der Waals surface area contributed by atoms with Crippen LogP contribution >= 0.6 is 0 Å². The van der Waals surface area contributed by atoms with Gasteiger partial charge in [0.1, 0.15) is 5.75 Å². The first-order valence-corrected chi connectivity index (χ1v) is 8.61. The summed E-state index contributed by atoms with van der Waals surface area (Å²) in [6.07, 6.45) is -0.468. The summed E-state index contributed by atoms with van der Waals surface area (Å²) in [7, 11) is 0. The van der Waals surface area contributed by atoms with Gasteiger partial charge in [-0.2, -0.15) is 5.10 Å². The lowest BCUT2D eigenvalue weighted by Gasteiger charge is -2.33. The van der Waals surface area contributed by atoms with Gasteiger partial charge in [0, 0.05) is 19.3 Å². The molecule has 1 aliphatic rings. The molecule has 1 N–H and O–H groups in total. The van der Waals surface area contributed by atoms with Crippen molar-refractivity contribution in [2.45, 2.75) is 31.7 Å². The van der Waals surface area contributed by atoms with Crippen molar-refractivity contribution in [3.05, 3.63) is 47.8 Å². The maximum absolute atomic E-state index is 12.6. The van der Waals surface area contributed by atoms with E-state index in [1.165, 1.54) is 36.7 Å². The number of carbonyl (C=O) groups is 2. The summed E-state index contributed by atoms with van der Waals surface area (Å²) in [5.41, 5.74) is 0.665. The number of carbonyl (C=O) groups excluding carboxylic acids is 1. The van der Waals surface area contributed by atoms with Gasteiger partial charge in [-0.15, -0.1) is 13.2 Å². The number of rotatable bonds is 5. The lowest BCUT2D eigenvalue weighted by Crippen LogP contribution is -2.41. The topological polar surface area (TPSA) is 84.7 Å². The van der Waals surface area contributed by atoms with Gasteiger partial charge in [-0.3, -0.25) is 9.48 Å². The number of benzene rings is 1. The first-order valence-electron chi connectivity index (χ1n) is 8.61. The number of carboxylic acid groups (broad SMARTS) is 1. The number of likely N-dealkylation sites (tertiary alicyclic amines) is 1. The van der Waals surface area contributed by atoms with Gasteiger partial charge in [-0.1, -0.05) is 12.1 Å². The number of amides is 1. The molecule has 1 unspecified atom stereocenters. The van der Waals surface area contributed by atoms with Crippen LogP contribution in [0.3, 0.4) is 0 Å². The maximum atomic E-state index is 12.6. The zero-order valence-electron chi connectivity index (χ0n) is 14.7. The van der Waals surface area contributed by atoms with Crippen molar-refractivity contribution < 1.29 is 32.6 Å². The Labute approximate surface area is 158 Å². The molecule has 1 atom stereocenters. The monoisotopic (exact) mass is 397 g/mol. The highest BCUT2D eigenvalue weighted by atomic mass is 19.4.